The zero-order valence-electron chi connectivity index (χ0n) is 20.6. The van der Waals surface area contributed by atoms with Crippen molar-refractivity contribution in [3.63, 3.8) is 0 Å². The Morgan fingerprint density at radius 2 is 1.70 bits per heavy atom. The maximum absolute atomic E-state index is 12.5. The topological polar surface area (TPSA) is 117 Å². The van der Waals surface area contributed by atoms with E-state index in [9.17, 15) is 19.2 Å². The summed E-state index contributed by atoms with van der Waals surface area (Å²) in [5.41, 5.74) is 2.17. The summed E-state index contributed by atoms with van der Waals surface area (Å²) in [6.07, 6.45) is 2.20. The summed E-state index contributed by atoms with van der Waals surface area (Å²) in [5, 5.41) is 2.86. The number of imidazole rings is 1. The molecule has 188 valence electrons. The average Bonchev–Trinajstić information content (AvgIpc) is 3.33. The highest BCUT2D eigenvalue weighted by Crippen LogP contribution is 2.12. The molecule has 2 aromatic heterocycles. The van der Waals surface area contributed by atoms with E-state index in [4.69, 9.17) is 4.74 Å². The Labute approximate surface area is 212 Å². The minimum absolute atomic E-state index is 0.180. The van der Waals surface area contributed by atoms with Crippen LogP contribution in [-0.4, -0.2) is 37.7 Å². The van der Waals surface area contributed by atoms with E-state index in [0.29, 0.717) is 46.5 Å². The largest absolute Gasteiger partial charge is 0.465 e. The number of nitrogens with zero attached hydrogens (tertiary/aromatic N) is 4. The van der Waals surface area contributed by atoms with Gasteiger partial charge in [0.2, 0.25) is 5.91 Å². The Kier molecular flexibility index (Phi) is 7.34. The predicted octanol–water partition coefficient (Wildman–Crippen LogP) is 2.04. The third-order valence-corrected chi connectivity index (χ3v) is 5.80. The van der Waals surface area contributed by atoms with Crippen LogP contribution in [0.15, 0.2) is 64.4 Å². The molecule has 2 heterocycles. The van der Waals surface area contributed by atoms with Gasteiger partial charge in [0.25, 0.3) is 5.56 Å². The van der Waals surface area contributed by atoms with Gasteiger partial charge in [-0.15, -0.1) is 0 Å². The van der Waals surface area contributed by atoms with E-state index in [0.717, 1.165) is 4.57 Å². The summed E-state index contributed by atoms with van der Waals surface area (Å²) < 4.78 is 8.76. The molecule has 4 rings (SSSR count). The molecule has 0 unspecified atom stereocenters. The van der Waals surface area contributed by atoms with E-state index >= 15 is 0 Å². The minimum atomic E-state index is -0.441. The van der Waals surface area contributed by atoms with Crippen LogP contribution in [0.25, 0.3) is 11.2 Å². The third-order valence-electron chi connectivity index (χ3n) is 5.80. The lowest BCUT2D eigenvalue weighted by Crippen LogP contribution is -2.37. The molecule has 0 spiro atoms. The number of anilines is 1. The fraction of sp³-hybridized carbons (Fsp3) is 0.222. The average molecular weight is 500 g/mol. The lowest BCUT2D eigenvalue weighted by atomic mass is 10.1. The number of hydrogen-bond acceptors (Lipinski definition) is 6. The normalized spacial score (nSPS) is 10.6. The third kappa shape index (κ3) is 5.51. The van der Waals surface area contributed by atoms with Crippen LogP contribution in [0.4, 0.5) is 5.69 Å². The smallest absolute Gasteiger partial charge is 0.337 e. The zero-order chi connectivity index (χ0) is 26.5. The Morgan fingerprint density at radius 1 is 1.00 bits per heavy atom. The molecular weight excluding hydrogens is 474 g/mol. The molecular formula is C27H25N5O5. The van der Waals surface area contributed by atoms with Crippen LogP contribution in [-0.2, 0) is 30.2 Å². The second-order valence-electron chi connectivity index (χ2n) is 8.37. The van der Waals surface area contributed by atoms with Gasteiger partial charge in [0, 0.05) is 43.9 Å². The van der Waals surface area contributed by atoms with Crippen molar-refractivity contribution in [3.05, 3.63) is 92.4 Å². The molecule has 0 bridgehead atoms. The monoisotopic (exact) mass is 499 g/mol. The quantitative estimate of drug-likeness (QED) is 0.321. The molecule has 0 aliphatic rings. The van der Waals surface area contributed by atoms with E-state index in [1.165, 1.54) is 25.1 Å². The van der Waals surface area contributed by atoms with Crippen LogP contribution in [0.5, 0.6) is 0 Å². The second-order valence-corrected chi connectivity index (χ2v) is 8.37. The number of amides is 1. The first kappa shape index (κ1) is 25.2. The number of aryl methyl sites for hydroxylation is 2. The van der Waals surface area contributed by atoms with Crippen molar-refractivity contribution in [2.75, 3.05) is 12.4 Å². The second kappa shape index (κ2) is 10.8. The number of hydrogen-bond donors (Lipinski definition) is 1. The Balaban J connectivity index is 1.38. The van der Waals surface area contributed by atoms with Gasteiger partial charge < -0.3 is 14.6 Å². The molecule has 2 aromatic carbocycles. The molecule has 0 aliphatic carbocycles. The van der Waals surface area contributed by atoms with Gasteiger partial charge in [-0.3, -0.25) is 18.7 Å². The molecule has 1 amide bonds. The highest BCUT2D eigenvalue weighted by atomic mass is 16.5. The molecule has 1 N–H and O–H groups in total. The number of ether oxygens (including phenoxy) is 1. The van der Waals surface area contributed by atoms with Crippen molar-refractivity contribution in [1.29, 1.82) is 0 Å². The summed E-state index contributed by atoms with van der Waals surface area (Å²) in [5.74, 6) is 5.44. The number of fused-ring (bicyclic) bond motifs is 1. The lowest BCUT2D eigenvalue weighted by molar-refractivity contribution is -0.116. The molecule has 0 saturated carbocycles. The van der Waals surface area contributed by atoms with Gasteiger partial charge in [-0.25, -0.2) is 14.6 Å². The maximum Gasteiger partial charge on any atom is 0.337 e. The van der Waals surface area contributed by atoms with Gasteiger partial charge >= 0.3 is 11.7 Å². The number of rotatable bonds is 6. The van der Waals surface area contributed by atoms with E-state index < -0.39 is 17.2 Å². The summed E-state index contributed by atoms with van der Waals surface area (Å²) >= 11 is 0. The van der Waals surface area contributed by atoms with Crippen LogP contribution in [0.3, 0.4) is 0 Å². The zero-order valence-corrected chi connectivity index (χ0v) is 20.6. The summed E-state index contributed by atoms with van der Waals surface area (Å²) in [7, 11) is 4.31. The van der Waals surface area contributed by atoms with Crippen molar-refractivity contribution < 1.29 is 14.3 Å². The Morgan fingerprint density at radius 3 is 2.43 bits per heavy atom. The highest BCUT2D eigenvalue weighted by molar-refractivity contribution is 5.91. The van der Waals surface area contributed by atoms with Crippen LogP contribution >= 0.6 is 0 Å². The van der Waals surface area contributed by atoms with Crippen LogP contribution < -0.4 is 16.6 Å². The van der Waals surface area contributed by atoms with Crippen molar-refractivity contribution >= 4 is 28.7 Å². The standard InChI is InChI=1S/C27H25N5O5/c1-30-24-23(25(34)31(2)27(30)36)32(17-28-24)14-6-11-22(33)29-21-10-5-8-19(16-21)13-12-18-7-4-9-20(15-18)26(35)37-3/h4-5,7-10,15-17H,6,11,14H2,1-3H3,(H,29,33). The Bertz CT molecular complexity index is 1680. The molecule has 10 nitrogen and oxygen atoms in total. The van der Waals surface area contributed by atoms with Crippen molar-refractivity contribution in [2.45, 2.75) is 19.4 Å². The van der Waals surface area contributed by atoms with Crippen molar-refractivity contribution in [3.8, 4) is 11.8 Å². The molecule has 0 fully saturated rings. The van der Waals surface area contributed by atoms with Crippen LogP contribution in [0.2, 0.25) is 0 Å². The van der Waals surface area contributed by atoms with Crippen LogP contribution in [0.1, 0.15) is 34.3 Å². The Hall–Kier alpha value is -4.91. The van der Waals surface area contributed by atoms with Gasteiger partial charge in [-0.1, -0.05) is 24.0 Å². The number of aromatic nitrogens is 4. The summed E-state index contributed by atoms with van der Waals surface area (Å²) in [6, 6.07) is 14.0. The highest BCUT2D eigenvalue weighted by Gasteiger charge is 2.14. The van der Waals surface area contributed by atoms with Crippen molar-refractivity contribution in [1.82, 2.24) is 18.7 Å². The predicted molar refractivity (Wildman–Crippen MR) is 138 cm³/mol. The summed E-state index contributed by atoms with van der Waals surface area (Å²) in [4.78, 5) is 53.0. The number of nitrogens with one attached hydrogen (secondary N) is 1. The van der Waals surface area contributed by atoms with Gasteiger partial charge in [0.1, 0.15) is 0 Å². The van der Waals surface area contributed by atoms with E-state index in [1.54, 1.807) is 54.1 Å². The molecule has 0 aliphatic heterocycles. The first-order chi connectivity index (χ1) is 17.8. The van der Waals surface area contributed by atoms with Gasteiger partial charge in [0.15, 0.2) is 11.2 Å². The molecule has 0 radical (unpaired) electrons. The number of carbonyl (C=O) groups is 2. The van der Waals surface area contributed by atoms with E-state index in [2.05, 4.69) is 22.1 Å². The number of methoxy groups -OCH3 is 1. The first-order valence-corrected chi connectivity index (χ1v) is 11.5. The summed E-state index contributed by atoms with van der Waals surface area (Å²) in [6.45, 7) is 0.396. The molecule has 0 saturated heterocycles. The molecule has 4 aromatic rings. The minimum Gasteiger partial charge on any atom is -0.465 e. The fourth-order valence-corrected chi connectivity index (χ4v) is 3.86. The maximum atomic E-state index is 12.5. The van der Waals surface area contributed by atoms with Crippen molar-refractivity contribution in [2.24, 2.45) is 14.1 Å². The van der Waals surface area contributed by atoms with E-state index in [-0.39, 0.29) is 12.3 Å². The fourth-order valence-electron chi connectivity index (χ4n) is 3.86. The van der Waals surface area contributed by atoms with E-state index in [1.807, 2.05) is 6.07 Å². The molecule has 0 atom stereocenters. The number of benzene rings is 2. The SMILES string of the molecule is COC(=O)c1cccc(C#Cc2cccc(NC(=O)CCCn3cnc4c3c(=O)n(C)c(=O)n4C)c2)c1. The number of carbonyl (C=O) groups excluding carboxylic acids is 2. The van der Waals surface area contributed by atoms with Gasteiger partial charge in [-0.05, 0) is 42.8 Å². The first-order valence-electron chi connectivity index (χ1n) is 11.5. The molecule has 37 heavy (non-hydrogen) atoms. The lowest BCUT2D eigenvalue weighted by Gasteiger charge is -2.08. The number of esters is 1. The molecule has 10 heteroatoms. The van der Waals surface area contributed by atoms with Gasteiger partial charge in [0.05, 0.1) is 19.0 Å². The van der Waals surface area contributed by atoms with Crippen LogP contribution in [0, 0.1) is 11.8 Å². The van der Waals surface area contributed by atoms with Gasteiger partial charge in [-0.2, -0.15) is 0 Å².